The molecule has 2 rings (SSSR count). The Morgan fingerprint density at radius 1 is 1.40 bits per heavy atom. The molecular weight excluding hydrogens is 361 g/mol. The number of guanidine groups is 1. The molecule has 0 aromatic heterocycles. The van der Waals surface area contributed by atoms with Crippen molar-refractivity contribution in [1.82, 2.24) is 0 Å². The maximum Gasteiger partial charge on any atom is 0.193 e. The van der Waals surface area contributed by atoms with Gasteiger partial charge in [-0.3, -0.25) is 4.99 Å². The summed E-state index contributed by atoms with van der Waals surface area (Å²) >= 11 is 0. The zero-order chi connectivity index (χ0) is 13.9. The van der Waals surface area contributed by atoms with Crippen LogP contribution in [0.5, 0.6) is 0 Å². The third-order valence-corrected chi connectivity index (χ3v) is 3.67. The lowest BCUT2D eigenvalue weighted by Gasteiger charge is -2.15. The Hall–Kier alpha value is -0.780. The number of aryl methyl sites for hydroxylation is 1. The van der Waals surface area contributed by atoms with Crippen molar-refractivity contribution in [3.05, 3.63) is 29.8 Å². The quantitative estimate of drug-likeness (QED) is 0.453. The first-order chi connectivity index (χ1) is 8.99. The lowest BCUT2D eigenvalue weighted by molar-refractivity contribution is 0.399. The van der Waals surface area contributed by atoms with E-state index >= 15 is 0 Å². The molecular formula is C16H26IN3. The van der Waals surface area contributed by atoms with Crippen LogP contribution in [0.2, 0.25) is 0 Å². The van der Waals surface area contributed by atoms with E-state index in [0.717, 1.165) is 18.2 Å². The highest BCUT2D eigenvalue weighted by atomic mass is 127. The van der Waals surface area contributed by atoms with Crippen molar-refractivity contribution in [2.75, 3.05) is 11.9 Å². The van der Waals surface area contributed by atoms with Gasteiger partial charge in [-0.15, -0.1) is 24.0 Å². The Bertz CT molecular complexity index is 465. The van der Waals surface area contributed by atoms with Crippen LogP contribution in [0, 0.1) is 18.3 Å². The maximum absolute atomic E-state index is 5.96. The summed E-state index contributed by atoms with van der Waals surface area (Å²) in [6, 6.07) is 8.17. The van der Waals surface area contributed by atoms with Gasteiger partial charge in [-0.1, -0.05) is 26.0 Å². The molecule has 0 amide bonds. The zero-order valence-corrected chi connectivity index (χ0v) is 15.0. The third kappa shape index (κ3) is 5.31. The molecule has 1 aliphatic rings. The molecule has 3 N–H and O–H groups in total. The molecule has 0 heterocycles. The van der Waals surface area contributed by atoms with Crippen LogP contribution in [0.4, 0.5) is 5.69 Å². The number of nitrogens with one attached hydrogen (secondary N) is 1. The van der Waals surface area contributed by atoms with Crippen LogP contribution in [0.25, 0.3) is 0 Å². The van der Waals surface area contributed by atoms with Crippen LogP contribution in [0.3, 0.4) is 0 Å². The number of nitrogens with two attached hydrogens (primary N) is 1. The van der Waals surface area contributed by atoms with Crippen LogP contribution >= 0.6 is 24.0 Å². The van der Waals surface area contributed by atoms with Crippen LogP contribution in [0.15, 0.2) is 29.3 Å². The van der Waals surface area contributed by atoms with Crippen LogP contribution in [0.1, 0.15) is 38.7 Å². The molecule has 20 heavy (non-hydrogen) atoms. The number of aliphatic imine (C=N–C) groups is 1. The number of anilines is 1. The molecule has 1 aromatic carbocycles. The standard InChI is InChI=1S/C16H25N3.HI/c1-12(2)10-16(7-8-16)11-18-15(17)19-14-6-4-5-13(3)9-14;/h4-6,9,12H,7-8,10-11H2,1-3H3,(H3,17,18,19);1H. The van der Waals surface area contributed by atoms with Crippen LogP contribution < -0.4 is 11.1 Å². The monoisotopic (exact) mass is 387 g/mol. The summed E-state index contributed by atoms with van der Waals surface area (Å²) in [7, 11) is 0. The summed E-state index contributed by atoms with van der Waals surface area (Å²) in [6.07, 6.45) is 3.85. The molecule has 0 atom stereocenters. The normalized spacial score (nSPS) is 16.7. The lowest BCUT2D eigenvalue weighted by atomic mass is 9.94. The molecule has 0 unspecified atom stereocenters. The van der Waals surface area contributed by atoms with E-state index in [1.807, 2.05) is 12.1 Å². The van der Waals surface area contributed by atoms with Crippen molar-refractivity contribution in [3.8, 4) is 0 Å². The van der Waals surface area contributed by atoms with Crippen molar-refractivity contribution in [1.29, 1.82) is 0 Å². The summed E-state index contributed by atoms with van der Waals surface area (Å²) in [6.45, 7) is 7.48. The smallest absolute Gasteiger partial charge is 0.193 e. The van der Waals surface area contributed by atoms with Crippen molar-refractivity contribution in [2.24, 2.45) is 22.1 Å². The molecule has 0 aliphatic heterocycles. The van der Waals surface area contributed by atoms with E-state index in [1.165, 1.54) is 24.8 Å². The molecule has 112 valence electrons. The fourth-order valence-electron chi connectivity index (χ4n) is 2.63. The van der Waals surface area contributed by atoms with Gasteiger partial charge in [0.25, 0.3) is 0 Å². The largest absolute Gasteiger partial charge is 0.370 e. The second-order valence-electron chi connectivity index (χ2n) is 6.29. The molecule has 1 aliphatic carbocycles. The van der Waals surface area contributed by atoms with Crippen molar-refractivity contribution < 1.29 is 0 Å². The minimum atomic E-state index is 0. The topological polar surface area (TPSA) is 50.4 Å². The fourth-order valence-corrected chi connectivity index (χ4v) is 2.63. The van der Waals surface area contributed by atoms with Gasteiger partial charge < -0.3 is 11.1 Å². The number of hydrogen-bond acceptors (Lipinski definition) is 1. The highest BCUT2D eigenvalue weighted by Gasteiger charge is 2.42. The van der Waals surface area contributed by atoms with Crippen molar-refractivity contribution in [3.63, 3.8) is 0 Å². The molecule has 0 bridgehead atoms. The Morgan fingerprint density at radius 2 is 2.10 bits per heavy atom. The highest BCUT2D eigenvalue weighted by molar-refractivity contribution is 14.0. The van der Waals surface area contributed by atoms with Gasteiger partial charge in [0.1, 0.15) is 0 Å². The maximum atomic E-state index is 5.96. The Balaban J connectivity index is 0.00000200. The number of hydrogen-bond donors (Lipinski definition) is 2. The molecule has 0 spiro atoms. The lowest BCUT2D eigenvalue weighted by Crippen LogP contribution is -2.24. The van der Waals surface area contributed by atoms with Crippen LogP contribution in [-0.4, -0.2) is 12.5 Å². The Morgan fingerprint density at radius 3 is 2.65 bits per heavy atom. The summed E-state index contributed by atoms with van der Waals surface area (Å²) in [5.41, 5.74) is 8.63. The first kappa shape index (κ1) is 17.3. The number of benzene rings is 1. The average Bonchev–Trinajstić information content (AvgIpc) is 3.06. The summed E-state index contributed by atoms with van der Waals surface area (Å²) < 4.78 is 0. The molecule has 1 aromatic rings. The van der Waals surface area contributed by atoms with Gasteiger partial charge in [0.15, 0.2) is 5.96 Å². The second kappa shape index (κ2) is 7.29. The number of nitrogens with zero attached hydrogens (tertiary/aromatic N) is 1. The van der Waals surface area contributed by atoms with E-state index in [0.29, 0.717) is 11.4 Å². The van der Waals surface area contributed by atoms with Crippen molar-refractivity contribution >= 4 is 35.6 Å². The van der Waals surface area contributed by atoms with Gasteiger partial charge in [0.05, 0.1) is 0 Å². The van der Waals surface area contributed by atoms with Crippen molar-refractivity contribution in [2.45, 2.75) is 40.0 Å². The second-order valence-corrected chi connectivity index (χ2v) is 6.29. The fraction of sp³-hybridized carbons (Fsp3) is 0.562. The molecule has 4 heteroatoms. The molecule has 3 nitrogen and oxygen atoms in total. The highest BCUT2D eigenvalue weighted by Crippen LogP contribution is 2.50. The zero-order valence-electron chi connectivity index (χ0n) is 12.6. The van der Waals surface area contributed by atoms with E-state index in [1.54, 1.807) is 0 Å². The average molecular weight is 387 g/mol. The van der Waals surface area contributed by atoms with E-state index in [2.05, 4.69) is 43.2 Å². The predicted molar refractivity (Wildman–Crippen MR) is 97.8 cm³/mol. The van der Waals surface area contributed by atoms with Gasteiger partial charge in [-0.2, -0.15) is 0 Å². The minimum Gasteiger partial charge on any atom is -0.370 e. The first-order valence-electron chi connectivity index (χ1n) is 7.13. The first-order valence-corrected chi connectivity index (χ1v) is 7.13. The SMILES string of the molecule is Cc1cccc(NC(N)=NCC2(CC(C)C)CC2)c1.I. The number of halogens is 1. The van der Waals surface area contributed by atoms with E-state index < -0.39 is 0 Å². The van der Waals surface area contributed by atoms with Gasteiger partial charge in [0, 0.05) is 12.2 Å². The summed E-state index contributed by atoms with van der Waals surface area (Å²) in [4.78, 5) is 4.52. The third-order valence-electron chi connectivity index (χ3n) is 3.67. The summed E-state index contributed by atoms with van der Waals surface area (Å²) in [5, 5.41) is 3.16. The molecule has 0 saturated heterocycles. The molecule has 1 fully saturated rings. The number of rotatable bonds is 5. The van der Waals surface area contributed by atoms with E-state index in [4.69, 9.17) is 5.73 Å². The minimum absolute atomic E-state index is 0. The molecule has 0 radical (unpaired) electrons. The summed E-state index contributed by atoms with van der Waals surface area (Å²) in [5.74, 6) is 1.27. The van der Waals surface area contributed by atoms with Gasteiger partial charge in [0.2, 0.25) is 0 Å². The van der Waals surface area contributed by atoms with Gasteiger partial charge >= 0.3 is 0 Å². The Kier molecular flexibility index (Phi) is 6.30. The van der Waals surface area contributed by atoms with E-state index in [9.17, 15) is 0 Å². The predicted octanol–water partition coefficient (Wildman–Crippen LogP) is 4.17. The van der Waals surface area contributed by atoms with Crippen LogP contribution in [-0.2, 0) is 0 Å². The molecule has 1 saturated carbocycles. The van der Waals surface area contributed by atoms with Gasteiger partial charge in [-0.25, -0.2) is 0 Å². The van der Waals surface area contributed by atoms with Gasteiger partial charge in [-0.05, 0) is 55.2 Å². The van der Waals surface area contributed by atoms with E-state index in [-0.39, 0.29) is 24.0 Å². The Labute approximate surface area is 139 Å².